The Hall–Kier alpha value is -0.272. The normalized spacial score (nSPS) is 5.65. The van der Waals surface area contributed by atoms with Crippen LogP contribution in [0.15, 0.2) is 0 Å². The van der Waals surface area contributed by atoms with E-state index >= 15 is 0 Å². The van der Waals surface area contributed by atoms with E-state index in [-0.39, 0.29) is 47.5 Å². The van der Waals surface area contributed by atoms with Gasteiger partial charge < -0.3 is 20.4 Å². The molecule has 0 bridgehead atoms. The second-order valence-electron chi connectivity index (χ2n) is 1.44. The zero-order chi connectivity index (χ0) is 14.4. The molecule has 0 aromatic carbocycles. The van der Waals surface area contributed by atoms with E-state index in [0.29, 0.717) is 0 Å². The fraction of sp³-hybridized carbons (Fsp3) is 1.00. The summed E-state index contributed by atoms with van der Waals surface area (Å²) in [4.78, 5) is 8.58. The minimum absolute atomic E-state index is 0. The summed E-state index contributed by atoms with van der Waals surface area (Å²) in [6.07, 6.45) is 0. The van der Waals surface area contributed by atoms with Crippen molar-refractivity contribution in [2.75, 3.05) is 26.4 Å². The van der Waals surface area contributed by atoms with E-state index < -0.39 is 5.03 Å². The minimum Gasteiger partial charge on any atom is -0.855 e. The first-order chi connectivity index (χ1) is 7.39. The molecular formula is C8H22N2O6Pt. The molecule has 0 aliphatic heterocycles. The van der Waals surface area contributed by atoms with Gasteiger partial charge in [-0.25, -0.2) is 10.1 Å². The van der Waals surface area contributed by atoms with E-state index in [1.807, 2.05) is 0 Å². The van der Waals surface area contributed by atoms with Crippen LogP contribution >= 0.6 is 0 Å². The summed E-state index contributed by atoms with van der Waals surface area (Å²) in [5, 5.41) is 43.3. The molecule has 0 spiro atoms. The van der Waals surface area contributed by atoms with E-state index in [4.69, 9.17) is 30.5 Å². The van der Waals surface area contributed by atoms with Crippen LogP contribution in [0.1, 0.15) is 27.7 Å². The summed E-state index contributed by atoms with van der Waals surface area (Å²) in [6, 6.07) is 0. The van der Waals surface area contributed by atoms with Crippen LogP contribution in [-0.2, 0) is 21.1 Å². The summed E-state index contributed by atoms with van der Waals surface area (Å²) in [5.41, 5.74) is 0. The molecule has 0 amide bonds. The number of hydrazine groups is 1. The average Bonchev–Trinajstić information content (AvgIpc) is 2.06. The SMILES string of the molecule is CC[O-].CC[O-].CC[O-].CC[O-].N[N+](=O)[O-].[Pt+4]. The Morgan fingerprint density at radius 3 is 0.824 bits per heavy atom. The molecule has 0 heterocycles. The summed E-state index contributed by atoms with van der Waals surface area (Å²) in [7, 11) is 0. The topological polar surface area (TPSA) is 161 Å². The standard InChI is InChI=1S/4C2H5O.H2N2O2.Pt/c4*1-2-3;1-2(3)4;/h4*2H2,1H3;1H2;/q4*-1;;+4. The Morgan fingerprint density at radius 1 is 0.824 bits per heavy atom. The van der Waals surface area contributed by atoms with Gasteiger partial charge in [-0.05, 0) is 0 Å². The van der Waals surface area contributed by atoms with Gasteiger partial charge in [0.25, 0.3) is 0 Å². The van der Waals surface area contributed by atoms with Gasteiger partial charge in [0.1, 0.15) is 0 Å². The predicted molar refractivity (Wildman–Crippen MR) is 53.3 cm³/mol. The van der Waals surface area contributed by atoms with Gasteiger partial charge >= 0.3 is 21.1 Å². The van der Waals surface area contributed by atoms with Crippen molar-refractivity contribution >= 4 is 0 Å². The van der Waals surface area contributed by atoms with Crippen LogP contribution in [0.2, 0.25) is 0 Å². The Bertz CT molecular complexity index is 78.4. The Morgan fingerprint density at radius 2 is 0.824 bits per heavy atom. The Balaban J connectivity index is -0.0000000221. The van der Waals surface area contributed by atoms with Crippen molar-refractivity contribution in [2.45, 2.75) is 27.7 Å². The first kappa shape index (κ1) is 36.0. The van der Waals surface area contributed by atoms with Crippen LogP contribution < -0.4 is 26.3 Å². The number of nitrogens with zero attached hydrogens (tertiary/aromatic N) is 1. The zero-order valence-electron chi connectivity index (χ0n) is 10.6. The first-order valence-electron chi connectivity index (χ1n) is 4.61. The molecule has 0 aromatic heterocycles. The molecule has 8 nitrogen and oxygen atoms in total. The van der Waals surface area contributed by atoms with Crippen LogP contribution in [-0.4, -0.2) is 31.5 Å². The van der Waals surface area contributed by atoms with Gasteiger partial charge in [0.2, 0.25) is 0 Å². The predicted octanol–water partition coefficient (Wildman–Crippen LogP) is -3.40. The number of nitrogens with two attached hydrogens (primary N) is 1. The van der Waals surface area contributed by atoms with E-state index in [0.717, 1.165) is 0 Å². The van der Waals surface area contributed by atoms with Crippen molar-refractivity contribution in [2.24, 2.45) is 5.84 Å². The van der Waals surface area contributed by atoms with Crippen molar-refractivity contribution in [1.82, 2.24) is 0 Å². The van der Waals surface area contributed by atoms with Gasteiger partial charge in [-0.1, -0.05) is 27.7 Å². The van der Waals surface area contributed by atoms with Crippen LogP contribution in [0.3, 0.4) is 0 Å². The maximum atomic E-state index is 8.93. The van der Waals surface area contributed by atoms with Gasteiger partial charge in [0.15, 0.2) is 5.03 Å². The van der Waals surface area contributed by atoms with Gasteiger partial charge in [-0.2, -0.15) is 5.84 Å². The van der Waals surface area contributed by atoms with Gasteiger partial charge in [0, 0.05) is 0 Å². The molecule has 0 aliphatic rings. The molecule has 2 N–H and O–H groups in total. The van der Waals surface area contributed by atoms with E-state index in [2.05, 4.69) is 5.84 Å². The molecule has 0 fully saturated rings. The molecule has 110 valence electrons. The number of hydrogen-bond acceptors (Lipinski definition) is 6. The third-order valence-corrected chi connectivity index (χ3v) is 0. The minimum atomic E-state index is -1.00. The Labute approximate surface area is 117 Å². The zero-order valence-corrected chi connectivity index (χ0v) is 12.9. The molecule has 17 heavy (non-hydrogen) atoms. The molecule has 9 heteroatoms. The maximum absolute atomic E-state index is 8.93. The number of nitro groups is 1. The molecule has 0 saturated carbocycles. The monoisotopic (exact) mass is 437 g/mol. The van der Waals surface area contributed by atoms with Gasteiger partial charge in [-0.15, -0.1) is 26.4 Å². The van der Waals surface area contributed by atoms with Crippen molar-refractivity contribution < 1.29 is 46.5 Å². The third kappa shape index (κ3) is 40200. The smallest absolute Gasteiger partial charge is 0.855 e. The number of rotatable bonds is 0. The largest absolute Gasteiger partial charge is 4.00 e. The Kier molecular flexibility index (Phi) is 159. The summed E-state index contributed by atoms with van der Waals surface area (Å²) >= 11 is 0. The van der Waals surface area contributed by atoms with Crippen LogP contribution in [0.5, 0.6) is 0 Å². The molecule has 0 aromatic rings. The van der Waals surface area contributed by atoms with Crippen LogP contribution in [0.4, 0.5) is 0 Å². The average molecular weight is 437 g/mol. The number of hydrogen-bond donors (Lipinski definition) is 1. The first-order valence-corrected chi connectivity index (χ1v) is 4.61. The van der Waals surface area contributed by atoms with Gasteiger partial charge in [0.05, 0.1) is 0 Å². The molecule has 0 unspecified atom stereocenters. The van der Waals surface area contributed by atoms with E-state index in [1.165, 1.54) is 0 Å². The molecule has 0 saturated heterocycles. The van der Waals surface area contributed by atoms with Crippen molar-refractivity contribution in [3.63, 3.8) is 0 Å². The quantitative estimate of drug-likeness (QED) is 0.235. The molecule has 0 aliphatic carbocycles. The van der Waals surface area contributed by atoms with Crippen molar-refractivity contribution in [3.05, 3.63) is 10.1 Å². The van der Waals surface area contributed by atoms with Crippen molar-refractivity contribution in [3.8, 4) is 0 Å². The van der Waals surface area contributed by atoms with E-state index in [9.17, 15) is 0 Å². The summed E-state index contributed by atoms with van der Waals surface area (Å²) in [6.45, 7) is 6.28. The second kappa shape index (κ2) is 75.4. The third-order valence-electron chi connectivity index (χ3n) is 0. The summed E-state index contributed by atoms with van der Waals surface area (Å²) < 4.78 is 0. The second-order valence-corrected chi connectivity index (χ2v) is 1.44. The van der Waals surface area contributed by atoms with Crippen molar-refractivity contribution in [1.29, 1.82) is 0 Å². The van der Waals surface area contributed by atoms with Crippen LogP contribution in [0.25, 0.3) is 0 Å². The molecular weight excluding hydrogens is 415 g/mol. The fourth-order valence-corrected chi connectivity index (χ4v) is 0. The molecule has 0 rings (SSSR count). The van der Waals surface area contributed by atoms with Crippen LogP contribution in [0, 0.1) is 10.1 Å². The maximum Gasteiger partial charge on any atom is 4.00 e. The van der Waals surface area contributed by atoms with Gasteiger partial charge in [-0.3, -0.25) is 0 Å². The summed E-state index contributed by atoms with van der Waals surface area (Å²) in [5.74, 6) is 3.83. The van der Waals surface area contributed by atoms with E-state index in [1.54, 1.807) is 27.7 Å². The fourth-order valence-electron chi connectivity index (χ4n) is 0. The molecule has 0 radical (unpaired) electrons. The molecule has 0 atom stereocenters.